The summed E-state index contributed by atoms with van der Waals surface area (Å²) in [5.41, 5.74) is 4.50. The molecule has 5 heteroatoms. The fourth-order valence-electron chi connectivity index (χ4n) is 3.02. The van der Waals surface area contributed by atoms with Gasteiger partial charge >= 0.3 is 5.97 Å². The predicted octanol–water partition coefficient (Wildman–Crippen LogP) is 3.74. The van der Waals surface area contributed by atoms with Crippen molar-refractivity contribution >= 4 is 28.6 Å². The van der Waals surface area contributed by atoms with Crippen LogP contribution in [0.15, 0.2) is 54.7 Å². The zero-order valence-corrected chi connectivity index (χ0v) is 14.1. The smallest absolute Gasteiger partial charge is 0.322 e. The summed E-state index contributed by atoms with van der Waals surface area (Å²) in [5, 5.41) is 10.3. The molecule has 4 nitrogen and oxygen atoms in total. The van der Waals surface area contributed by atoms with Gasteiger partial charge in [-0.25, -0.2) is 4.84 Å². The first-order chi connectivity index (χ1) is 11.6. The Bertz CT molecular complexity index is 873. The van der Waals surface area contributed by atoms with Gasteiger partial charge in [-0.15, -0.1) is 0 Å². The maximum Gasteiger partial charge on any atom is 0.322 e. The van der Waals surface area contributed by atoms with Crippen molar-refractivity contribution in [3.8, 4) is 0 Å². The van der Waals surface area contributed by atoms with E-state index in [2.05, 4.69) is 46.7 Å². The number of carboxylic acids is 1. The van der Waals surface area contributed by atoms with Crippen molar-refractivity contribution < 1.29 is 9.90 Å². The summed E-state index contributed by atoms with van der Waals surface area (Å²) in [6.45, 7) is 2.82. The minimum Gasteiger partial charge on any atom is -0.480 e. The molecule has 2 N–H and O–H groups in total. The van der Waals surface area contributed by atoms with E-state index in [9.17, 15) is 9.90 Å². The largest absolute Gasteiger partial charge is 0.480 e. The van der Waals surface area contributed by atoms with E-state index in [1.165, 1.54) is 11.1 Å². The molecule has 3 aromatic rings. The lowest BCUT2D eigenvalue weighted by molar-refractivity contribution is -0.138. The molecule has 1 atom stereocenters. The van der Waals surface area contributed by atoms with Gasteiger partial charge in [-0.1, -0.05) is 48.0 Å². The molecule has 3 rings (SSSR count). The number of nitrogens with zero attached hydrogens (tertiary/aromatic N) is 1. The molecule has 0 spiro atoms. The number of halogens is 1. The van der Waals surface area contributed by atoms with Gasteiger partial charge in [0.1, 0.15) is 6.04 Å². The fraction of sp³-hybridized carbons (Fsp3) is 0.211. The van der Waals surface area contributed by atoms with Gasteiger partial charge in [0, 0.05) is 30.1 Å². The van der Waals surface area contributed by atoms with Crippen LogP contribution in [0.2, 0.25) is 0 Å². The zero-order chi connectivity index (χ0) is 17.1. The third-order valence-electron chi connectivity index (χ3n) is 4.16. The van der Waals surface area contributed by atoms with E-state index in [0.29, 0.717) is 6.42 Å². The van der Waals surface area contributed by atoms with Gasteiger partial charge < -0.3 is 9.67 Å². The molecule has 0 bridgehead atoms. The van der Waals surface area contributed by atoms with E-state index >= 15 is 0 Å². The molecule has 0 saturated heterocycles. The first-order valence-electron chi connectivity index (χ1n) is 7.79. The summed E-state index contributed by atoms with van der Waals surface area (Å²) < 4.78 is 2.16. The third-order valence-corrected chi connectivity index (χ3v) is 4.42. The molecule has 0 aliphatic rings. The summed E-state index contributed by atoms with van der Waals surface area (Å²) >= 11 is 5.58. The molecular formula is C19H19ClN2O2. The molecule has 0 amide bonds. The van der Waals surface area contributed by atoms with E-state index < -0.39 is 12.0 Å². The van der Waals surface area contributed by atoms with Crippen molar-refractivity contribution in [2.45, 2.75) is 25.9 Å². The van der Waals surface area contributed by atoms with Gasteiger partial charge in [-0.05, 0) is 35.9 Å². The Morgan fingerprint density at radius 3 is 2.75 bits per heavy atom. The maximum atomic E-state index is 11.3. The lowest BCUT2D eigenvalue weighted by Gasteiger charge is -2.08. The first-order valence-corrected chi connectivity index (χ1v) is 8.17. The minimum absolute atomic E-state index is 0.333. The second-order valence-electron chi connectivity index (χ2n) is 5.99. The molecular weight excluding hydrogens is 324 g/mol. The monoisotopic (exact) mass is 342 g/mol. The number of rotatable bonds is 6. The van der Waals surface area contributed by atoms with Gasteiger partial charge in [0.15, 0.2) is 0 Å². The fourth-order valence-corrected chi connectivity index (χ4v) is 3.19. The topological polar surface area (TPSA) is 54.3 Å². The number of benzene rings is 2. The van der Waals surface area contributed by atoms with Crippen molar-refractivity contribution in [2.24, 2.45) is 0 Å². The van der Waals surface area contributed by atoms with Crippen LogP contribution < -0.4 is 4.84 Å². The van der Waals surface area contributed by atoms with Gasteiger partial charge in [0.2, 0.25) is 0 Å². The van der Waals surface area contributed by atoms with E-state index in [4.69, 9.17) is 11.8 Å². The van der Waals surface area contributed by atoms with E-state index in [0.717, 1.165) is 23.0 Å². The molecule has 0 fully saturated rings. The summed E-state index contributed by atoms with van der Waals surface area (Å²) in [6, 6.07) is 15.6. The van der Waals surface area contributed by atoms with Crippen LogP contribution in [0.4, 0.5) is 0 Å². The second-order valence-corrected chi connectivity index (χ2v) is 6.21. The van der Waals surface area contributed by atoms with Crippen LogP contribution in [-0.2, 0) is 17.8 Å². The van der Waals surface area contributed by atoms with Crippen LogP contribution in [0.3, 0.4) is 0 Å². The molecule has 0 unspecified atom stereocenters. The number of aromatic nitrogens is 1. The number of aliphatic carboxylic acids is 1. The Kier molecular flexibility index (Phi) is 4.88. The van der Waals surface area contributed by atoms with E-state index in [1.54, 1.807) is 0 Å². The number of aryl methyl sites for hydroxylation is 1. The standard InChI is InChI=1S/C19H19ClN2O2/c1-13-5-4-6-14(9-13)11-22-12-15(10-17(21-20)19(23)24)16-7-2-3-8-18(16)22/h2-9,12,17,21H,10-11H2,1H3,(H,23,24)/t17-/m0/s1. The highest BCUT2D eigenvalue weighted by molar-refractivity contribution is 6.14. The Balaban J connectivity index is 1.98. The lowest BCUT2D eigenvalue weighted by atomic mass is 10.1. The maximum absolute atomic E-state index is 11.3. The zero-order valence-electron chi connectivity index (χ0n) is 13.4. The number of hydrogen-bond acceptors (Lipinski definition) is 2. The molecule has 0 radical (unpaired) electrons. The normalized spacial score (nSPS) is 12.4. The van der Waals surface area contributed by atoms with E-state index in [1.807, 2.05) is 24.4 Å². The summed E-state index contributed by atoms with van der Waals surface area (Å²) in [7, 11) is 0. The highest BCUT2D eigenvalue weighted by atomic mass is 35.5. The lowest BCUT2D eigenvalue weighted by Crippen LogP contribution is -2.32. The molecule has 24 heavy (non-hydrogen) atoms. The summed E-state index contributed by atoms with van der Waals surface area (Å²) in [6.07, 6.45) is 2.36. The number of carbonyl (C=O) groups is 1. The van der Waals surface area contributed by atoms with Crippen molar-refractivity contribution in [1.29, 1.82) is 0 Å². The van der Waals surface area contributed by atoms with Crippen LogP contribution in [-0.4, -0.2) is 21.7 Å². The summed E-state index contributed by atoms with van der Waals surface area (Å²) in [5.74, 6) is -0.958. The van der Waals surface area contributed by atoms with Gasteiger partial charge in [-0.3, -0.25) is 4.79 Å². The number of carboxylic acid groups (broad SMARTS) is 1. The quantitative estimate of drug-likeness (QED) is 0.671. The Labute approximate surface area is 145 Å². The average Bonchev–Trinajstić information content (AvgIpc) is 2.90. The van der Waals surface area contributed by atoms with Crippen molar-refractivity contribution in [1.82, 2.24) is 9.40 Å². The van der Waals surface area contributed by atoms with Crippen molar-refractivity contribution in [3.63, 3.8) is 0 Å². The number of fused-ring (bicyclic) bond motifs is 1. The second kappa shape index (κ2) is 7.07. The molecule has 0 saturated carbocycles. The Morgan fingerprint density at radius 1 is 1.25 bits per heavy atom. The minimum atomic E-state index is -0.958. The Hall–Kier alpha value is -2.30. The average molecular weight is 343 g/mol. The predicted molar refractivity (Wildman–Crippen MR) is 96.3 cm³/mol. The molecule has 2 aromatic carbocycles. The molecule has 0 aliphatic heterocycles. The van der Waals surface area contributed by atoms with Crippen molar-refractivity contribution in [3.05, 3.63) is 71.4 Å². The van der Waals surface area contributed by atoms with Crippen LogP contribution >= 0.6 is 11.8 Å². The number of para-hydroxylation sites is 1. The molecule has 1 aromatic heterocycles. The molecule has 0 aliphatic carbocycles. The van der Waals surface area contributed by atoms with Crippen LogP contribution in [0.25, 0.3) is 10.9 Å². The molecule has 124 valence electrons. The highest BCUT2D eigenvalue weighted by Gasteiger charge is 2.19. The van der Waals surface area contributed by atoms with Crippen LogP contribution in [0, 0.1) is 6.92 Å². The SMILES string of the molecule is Cc1cccc(Cn2cc(C[C@H](NCl)C(=O)O)c3ccccc32)c1. The highest BCUT2D eigenvalue weighted by Crippen LogP contribution is 2.24. The first kappa shape index (κ1) is 16.6. The van der Waals surface area contributed by atoms with Gasteiger partial charge in [0.25, 0.3) is 0 Å². The number of nitrogens with one attached hydrogen (secondary N) is 1. The van der Waals surface area contributed by atoms with Crippen LogP contribution in [0.1, 0.15) is 16.7 Å². The van der Waals surface area contributed by atoms with Gasteiger partial charge in [0.05, 0.1) is 0 Å². The Morgan fingerprint density at radius 2 is 2.04 bits per heavy atom. The summed E-state index contributed by atoms with van der Waals surface area (Å²) in [4.78, 5) is 13.6. The third kappa shape index (κ3) is 3.45. The van der Waals surface area contributed by atoms with Crippen molar-refractivity contribution in [2.75, 3.05) is 0 Å². The van der Waals surface area contributed by atoms with E-state index in [-0.39, 0.29) is 0 Å². The van der Waals surface area contributed by atoms with Gasteiger partial charge in [-0.2, -0.15) is 0 Å². The number of hydrogen-bond donors (Lipinski definition) is 2. The van der Waals surface area contributed by atoms with Crippen LogP contribution in [0.5, 0.6) is 0 Å². The molecule has 1 heterocycles.